The molecule has 0 amide bonds. The van der Waals surface area contributed by atoms with Crippen LogP contribution in [0.25, 0.3) is 11.0 Å². The highest BCUT2D eigenvalue weighted by molar-refractivity contribution is 5.81. The predicted octanol–water partition coefficient (Wildman–Crippen LogP) is 2.17. The molecule has 5 heteroatoms. The lowest BCUT2D eigenvalue weighted by Crippen LogP contribution is -2.14. The van der Waals surface area contributed by atoms with Gasteiger partial charge in [-0.1, -0.05) is 0 Å². The molecule has 0 radical (unpaired) electrons. The Bertz CT molecular complexity index is 546. The molecule has 1 aromatic heterocycles. The number of ether oxygens (including phenoxy) is 1. The van der Waals surface area contributed by atoms with Gasteiger partial charge in [-0.3, -0.25) is 0 Å². The third-order valence-corrected chi connectivity index (χ3v) is 2.28. The number of aliphatic hydroxyl groups is 1. The third-order valence-electron chi connectivity index (χ3n) is 2.28. The molecule has 0 fully saturated rings. The Morgan fingerprint density at radius 1 is 1.53 bits per heavy atom. The number of esters is 1. The highest BCUT2D eigenvalue weighted by Gasteiger charge is 2.22. The lowest BCUT2D eigenvalue weighted by Gasteiger charge is -2.05. The van der Waals surface area contributed by atoms with E-state index in [1.807, 2.05) is 0 Å². The zero-order chi connectivity index (χ0) is 12.4. The summed E-state index contributed by atoms with van der Waals surface area (Å²) in [7, 11) is 0. The molecule has 0 aliphatic heterocycles. The molecular formula is C12H11FO4. The van der Waals surface area contributed by atoms with Gasteiger partial charge in [0.25, 0.3) is 0 Å². The standard InChI is InChI=1S/C12H11FO4/c1-2-16-12(15)11(14)10-6-7-5-8(13)3-4-9(7)17-10/h3-6,11,14H,2H2,1H3. The summed E-state index contributed by atoms with van der Waals surface area (Å²) in [5.41, 5.74) is 0.407. The molecule has 0 aliphatic carbocycles. The van der Waals surface area contributed by atoms with E-state index in [9.17, 15) is 14.3 Å². The zero-order valence-corrected chi connectivity index (χ0v) is 9.14. The quantitative estimate of drug-likeness (QED) is 0.832. The van der Waals surface area contributed by atoms with E-state index >= 15 is 0 Å². The monoisotopic (exact) mass is 238 g/mol. The van der Waals surface area contributed by atoms with Gasteiger partial charge in [0.05, 0.1) is 6.61 Å². The van der Waals surface area contributed by atoms with Gasteiger partial charge in [-0.25, -0.2) is 9.18 Å². The second kappa shape index (κ2) is 4.55. The number of furan rings is 1. The molecule has 2 rings (SSSR count). The van der Waals surface area contributed by atoms with Crippen LogP contribution in [-0.2, 0) is 9.53 Å². The van der Waals surface area contributed by atoms with E-state index in [-0.39, 0.29) is 12.4 Å². The molecule has 4 nitrogen and oxygen atoms in total. The molecule has 0 aliphatic rings. The van der Waals surface area contributed by atoms with E-state index in [0.29, 0.717) is 11.0 Å². The fourth-order valence-electron chi connectivity index (χ4n) is 1.51. The van der Waals surface area contributed by atoms with Gasteiger partial charge in [0, 0.05) is 5.39 Å². The fourth-order valence-corrected chi connectivity index (χ4v) is 1.51. The summed E-state index contributed by atoms with van der Waals surface area (Å²) in [6.45, 7) is 1.81. The van der Waals surface area contributed by atoms with Gasteiger partial charge in [0.1, 0.15) is 17.2 Å². The zero-order valence-electron chi connectivity index (χ0n) is 9.14. The van der Waals surface area contributed by atoms with Crippen LogP contribution in [0.15, 0.2) is 28.7 Å². The van der Waals surface area contributed by atoms with E-state index in [0.717, 1.165) is 0 Å². The van der Waals surface area contributed by atoms with Crippen molar-refractivity contribution in [1.82, 2.24) is 0 Å². The van der Waals surface area contributed by atoms with Crippen LogP contribution in [0.2, 0.25) is 0 Å². The summed E-state index contributed by atoms with van der Waals surface area (Å²) in [5.74, 6) is -1.15. The van der Waals surface area contributed by atoms with Gasteiger partial charge in [-0.2, -0.15) is 0 Å². The van der Waals surface area contributed by atoms with Crippen molar-refractivity contribution < 1.29 is 23.4 Å². The summed E-state index contributed by atoms with van der Waals surface area (Å²) in [5, 5.41) is 10.1. The molecule has 1 N–H and O–H groups in total. The van der Waals surface area contributed by atoms with Crippen molar-refractivity contribution in [3.63, 3.8) is 0 Å². The van der Waals surface area contributed by atoms with Crippen molar-refractivity contribution in [2.75, 3.05) is 6.61 Å². The van der Waals surface area contributed by atoms with Crippen molar-refractivity contribution in [2.24, 2.45) is 0 Å². The van der Waals surface area contributed by atoms with Crippen LogP contribution in [0, 0.1) is 5.82 Å². The van der Waals surface area contributed by atoms with Gasteiger partial charge < -0.3 is 14.3 Å². The van der Waals surface area contributed by atoms with Crippen LogP contribution in [0.4, 0.5) is 4.39 Å². The Hall–Kier alpha value is -1.88. The maximum atomic E-state index is 12.9. The van der Waals surface area contributed by atoms with Gasteiger partial charge in [0.2, 0.25) is 6.10 Å². The van der Waals surface area contributed by atoms with E-state index in [1.54, 1.807) is 6.92 Å². The first-order chi connectivity index (χ1) is 8.11. The number of aliphatic hydroxyl groups excluding tert-OH is 1. The second-order valence-electron chi connectivity index (χ2n) is 3.49. The van der Waals surface area contributed by atoms with Crippen molar-refractivity contribution in [3.8, 4) is 0 Å². The molecule has 17 heavy (non-hydrogen) atoms. The van der Waals surface area contributed by atoms with Gasteiger partial charge in [-0.15, -0.1) is 0 Å². The molecule has 1 unspecified atom stereocenters. The van der Waals surface area contributed by atoms with E-state index in [1.165, 1.54) is 24.3 Å². The van der Waals surface area contributed by atoms with Crippen LogP contribution in [0.3, 0.4) is 0 Å². The third kappa shape index (κ3) is 2.29. The average Bonchev–Trinajstić information content (AvgIpc) is 2.71. The topological polar surface area (TPSA) is 59.7 Å². The largest absolute Gasteiger partial charge is 0.464 e. The molecule has 1 heterocycles. The van der Waals surface area contributed by atoms with Crippen LogP contribution < -0.4 is 0 Å². The lowest BCUT2D eigenvalue weighted by atomic mass is 10.2. The predicted molar refractivity (Wildman–Crippen MR) is 57.8 cm³/mol. The summed E-state index contributed by atoms with van der Waals surface area (Å²) in [4.78, 5) is 11.3. The number of benzene rings is 1. The fraction of sp³-hybridized carbons (Fsp3) is 0.250. The second-order valence-corrected chi connectivity index (χ2v) is 3.49. The van der Waals surface area contributed by atoms with E-state index < -0.39 is 17.9 Å². The summed E-state index contributed by atoms with van der Waals surface area (Å²) in [6.07, 6.45) is -1.48. The highest BCUT2D eigenvalue weighted by atomic mass is 19.1. The lowest BCUT2D eigenvalue weighted by molar-refractivity contribution is -0.154. The SMILES string of the molecule is CCOC(=O)C(O)c1cc2cc(F)ccc2o1. The number of carbonyl (C=O) groups excluding carboxylic acids is 1. The van der Waals surface area contributed by atoms with Crippen LogP contribution in [-0.4, -0.2) is 17.7 Å². The highest BCUT2D eigenvalue weighted by Crippen LogP contribution is 2.25. The van der Waals surface area contributed by atoms with Crippen molar-refractivity contribution in [1.29, 1.82) is 0 Å². The summed E-state index contributed by atoms with van der Waals surface area (Å²) < 4.78 is 22.8. The molecule has 1 atom stereocenters. The van der Waals surface area contributed by atoms with Crippen LogP contribution in [0.1, 0.15) is 18.8 Å². The maximum absolute atomic E-state index is 12.9. The first-order valence-electron chi connectivity index (χ1n) is 5.15. The number of hydrogen-bond acceptors (Lipinski definition) is 4. The average molecular weight is 238 g/mol. The Kier molecular flexibility index (Phi) is 3.10. The normalized spacial score (nSPS) is 12.6. The molecule has 1 aromatic carbocycles. The molecule has 0 saturated heterocycles. The van der Waals surface area contributed by atoms with Gasteiger partial charge in [0.15, 0.2) is 0 Å². The minimum atomic E-state index is -1.48. The molecule has 2 aromatic rings. The Morgan fingerprint density at radius 3 is 3.00 bits per heavy atom. The Morgan fingerprint density at radius 2 is 2.29 bits per heavy atom. The number of rotatable bonds is 3. The number of hydrogen-bond donors (Lipinski definition) is 1. The molecular weight excluding hydrogens is 227 g/mol. The van der Waals surface area contributed by atoms with Gasteiger partial charge >= 0.3 is 5.97 Å². The molecule has 90 valence electrons. The van der Waals surface area contributed by atoms with E-state index in [2.05, 4.69) is 4.74 Å². The minimum Gasteiger partial charge on any atom is -0.464 e. The maximum Gasteiger partial charge on any atom is 0.342 e. The minimum absolute atomic E-state index is 0.0454. The summed E-state index contributed by atoms with van der Waals surface area (Å²) in [6, 6.07) is 5.36. The van der Waals surface area contributed by atoms with Crippen molar-refractivity contribution in [2.45, 2.75) is 13.0 Å². The first-order valence-corrected chi connectivity index (χ1v) is 5.15. The van der Waals surface area contributed by atoms with Gasteiger partial charge in [-0.05, 0) is 31.2 Å². The van der Waals surface area contributed by atoms with Crippen LogP contribution in [0.5, 0.6) is 0 Å². The Balaban J connectivity index is 2.33. The first kappa shape index (κ1) is 11.6. The smallest absolute Gasteiger partial charge is 0.342 e. The van der Waals surface area contributed by atoms with Crippen molar-refractivity contribution >= 4 is 16.9 Å². The molecule has 0 bridgehead atoms. The van der Waals surface area contributed by atoms with E-state index in [4.69, 9.17) is 4.42 Å². The summed E-state index contributed by atoms with van der Waals surface area (Å²) >= 11 is 0. The van der Waals surface area contributed by atoms with Crippen LogP contribution >= 0.6 is 0 Å². The molecule has 0 spiro atoms. The molecule has 0 saturated carbocycles. The number of halogens is 1. The van der Waals surface area contributed by atoms with Crippen molar-refractivity contribution in [3.05, 3.63) is 35.8 Å². The number of carbonyl (C=O) groups is 1. The Labute approximate surface area is 96.6 Å². The number of fused-ring (bicyclic) bond motifs is 1.